The van der Waals surface area contributed by atoms with E-state index < -0.39 is 0 Å². The monoisotopic (exact) mass is 327 g/mol. The van der Waals surface area contributed by atoms with E-state index in [0.717, 1.165) is 31.8 Å². The molecule has 1 amide bonds. The van der Waals surface area contributed by atoms with Crippen molar-refractivity contribution in [1.29, 1.82) is 0 Å². The normalized spacial score (nSPS) is 20.1. The zero-order chi connectivity index (χ0) is 16.4. The molecule has 4 heterocycles. The quantitative estimate of drug-likeness (QED) is 0.863. The van der Waals surface area contributed by atoms with Gasteiger partial charge in [-0.2, -0.15) is 0 Å². The largest absolute Gasteiger partial charge is 0.339 e. The van der Waals surface area contributed by atoms with Gasteiger partial charge in [-0.15, -0.1) is 10.2 Å². The molecule has 2 aromatic rings. The number of carbonyl (C=O) groups is 1. The Morgan fingerprint density at radius 3 is 2.75 bits per heavy atom. The van der Waals surface area contributed by atoms with E-state index in [1.165, 1.54) is 38.9 Å². The molecular weight excluding hydrogens is 302 g/mol. The Hall–Kier alpha value is -1.95. The summed E-state index contributed by atoms with van der Waals surface area (Å²) in [6.07, 6.45) is 9.75. The number of aromatic nitrogens is 3. The summed E-state index contributed by atoms with van der Waals surface area (Å²) in [5, 5.41) is 7.98. The van der Waals surface area contributed by atoms with Crippen molar-refractivity contribution in [2.75, 3.05) is 32.7 Å². The van der Waals surface area contributed by atoms with Gasteiger partial charge in [0.05, 0.1) is 5.56 Å². The number of fused-ring (bicyclic) bond motifs is 1. The van der Waals surface area contributed by atoms with Crippen LogP contribution in [0.25, 0.3) is 5.65 Å². The van der Waals surface area contributed by atoms with E-state index in [9.17, 15) is 4.79 Å². The predicted octanol–water partition coefficient (Wildman–Crippen LogP) is 2.07. The van der Waals surface area contributed by atoms with E-state index in [4.69, 9.17) is 0 Å². The van der Waals surface area contributed by atoms with Crippen LogP contribution in [0.1, 0.15) is 42.5 Å². The smallest absolute Gasteiger partial charge is 0.257 e. The van der Waals surface area contributed by atoms with Gasteiger partial charge in [0.1, 0.15) is 6.33 Å². The van der Waals surface area contributed by atoms with Crippen molar-refractivity contribution in [2.24, 2.45) is 5.92 Å². The summed E-state index contributed by atoms with van der Waals surface area (Å²) in [6.45, 7) is 5.51. The third-order valence-corrected chi connectivity index (χ3v) is 5.51. The molecule has 4 rings (SSSR count). The van der Waals surface area contributed by atoms with E-state index in [0.29, 0.717) is 11.2 Å². The molecule has 0 N–H and O–H groups in total. The molecule has 0 aromatic carbocycles. The van der Waals surface area contributed by atoms with Crippen molar-refractivity contribution in [3.8, 4) is 0 Å². The lowest BCUT2D eigenvalue weighted by molar-refractivity contribution is 0.0683. The minimum absolute atomic E-state index is 0.0894. The van der Waals surface area contributed by atoms with Crippen molar-refractivity contribution >= 4 is 11.6 Å². The summed E-state index contributed by atoms with van der Waals surface area (Å²) < 4.78 is 1.80. The Kier molecular flexibility index (Phi) is 4.47. The first-order valence-electron chi connectivity index (χ1n) is 9.11. The number of hydrogen-bond donors (Lipinski definition) is 0. The van der Waals surface area contributed by atoms with Crippen LogP contribution in [0.2, 0.25) is 0 Å². The van der Waals surface area contributed by atoms with E-state index in [-0.39, 0.29) is 5.91 Å². The molecule has 2 aliphatic rings. The first-order valence-corrected chi connectivity index (χ1v) is 9.11. The van der Waals surface area contributed by atoms with Crippen LogP contribution in [0.15, 0.2) is 24.7 Å². The van der Waals surface area contributed by atoms with Crippen LogP contribution in [0.4, 0.5) is 0 Å². The number of amides is 1. The molecule has 2 aliphatic heterocycles. The van der Waals surface area contributed by atoms with Crippen LogP contribution in [-0.4, -0.2) is 63.0 Å². The molecule has 0 aliphatic carbocycles. The van der Waals surface area contributed by atoms with Gasteiger partial charge >= 0.3 is 0 Å². The van der Waals surface area contributed by atoms with Gasteiger partial charge < -0.3 is 9.80 Å². The highest BCUT2D eigenvalue weighted by atomic mass is 16.2. The second kappa shape index (κ2) is 6.89. The van der Waals surface area contributed by atoms with Crippen LogP contribution < -0.4 is 0 Å². The zero-order valence-corrected chi connectivity index (χ0v) is 14.1. The molecule has 2 fully saturated rings. The minimum Gasteiger partial charge on any atom is -0.339 e. The summed E-state index contributed by atoms with van der Waals surface area (Å²) in [5.74, 6) is 0.852. The molecule has 0 unspecified atom stereocenters. The third kappa shape index (κ3) is 3.15. The first kappa shape index (κ1) is 15.6. The van der Waals surface area contributed by atoms with E-state index >= 15 is 0 Å². The Morgan fingerprint density at radius 2 is 1.96 bits per heavy atom. The fraction of sp³-hybridized carbons (Fsp3) is 0.611. The average molecular weight is 327 g/mol. The summed E-state index contributed by atoms with van der Waals surface area (Å²) >= 11 is 0. The number of nitrogens with zero attached hydrogens (tertiary/aromatic N) is 5. The molecule has 0 bridgehead atoms. The van der Waals surface area contributed by atoms with Gasteiger partial charge in [0.2, 0.25) is 0 Å². The van der Waals surface area contributed by atoms with Crippen molar-refractivity contribution < 1.29 is 4.79 Å². The summed E-state index contributed by atoms with van der Waals surface area (Å²) in [5.41, 5.74) is 1.31. The van der Waals surface area contributed by atoms with Gasteiger partial charge in [0, 0.05) is 19.3 Å². The van der Waals surface area contributed by atoms with Crippen molar-refractivity contribution in [3.63, 3.8) is 0 Å². The summed E-state index contributed by atoms with van der Waals surface area (Å²) in [6, 6.07) is 3.73. The highest BCUT2D eigenvalue weighted by Crippen LogP contribution is 2.23. The molecule has 6 heteroatoms. The maximum Gasteiger partial charge on any atom is 0.257 e. The van der Waals surface area contributed by atoms with Crippen molar-refractivity contribution in [3.05, 3.63) is 30.2 Å². The molecule has 128 valence electrons. The lowest BCUT2D eigenvalue weighted by atomic mass is 9.93. The maximum absolute atomic E-state index is 12.8. The Bertz CT molecular complexity index is 698. The second-order valence-corrected chi connectivity index (χ2v) is 7.06. The SMILES string of the molecule is O=C(c1cccn2cnnc12)N1CCC(CCN2CCCC2)CC1. The van der Waals surface area contributed by atoms with Gasteiger partial charge in [-0.3, -0.25) is 9.20 Å². The van der Waals surface area contributed by atoms with Crippen LogP contribution in [0.5, 0.6) is 0 Å². The Morgan fingerprint density at radius 1 is 1.17 bits per heavy atom. The fourth-order valence-electron chi connectivity index (χ4n) is 3.98. The fourth-order valence-corrected chi connectivity index (χ4v) is 3.98. The highest BCUT2D eigenvalue weighted by molar-refractivity contribution is 5.99. The molecule has 0 radical (unpaired) electrons. The standard InChI is InChI=1S/C18H25N5O/c24-18(16-4-3-10-23-14-19-20-17(16)23)22-12-6-15(7-13-22)5-11-21-8-1-2-9-21/h3-4,10,14-15H,1-2,5-9,11-13H2. The highest BCUT2D eigenvalue weighted by Gasteiger charge is 2.25. The van der Waals surface area contributed by atoms with Gasteiger partial charge in [-0.1, -0.05) is 0 Å². The van der Waals surface area contributed by atoms with Crippen LogP contribution in [0.3, 0.4) is 0 Å². The Balaban J connectivity index is 1.33. The Labute approximate surface area is 142 Å². The number of piperidine rings is 1. The van der Waals surface area contributed by atoms with Crippen LogP contribution in [-0.2, 0) is 0 Å². The molecule has 0 saturated carbocycles. The number of pyridine rings is 1. The molecule has 24 heavy (non-hydrogen) atoms. The molecular formula is C18H25N5O. The molecule has 2 saturated heterocycles. The van der Waals surface area contributed by atoms with E-state index in [1.54, 1.807) is 10.7 Å². The molecule has 6 nitrogen and oxygen atoms in total. The number of likely N-dealkylation sites (tertiary alicyclic amines) is 2. The van der Waals surface area contributed by atoms with Crippen LogP contribution in [0, 0.1) is 5.92 Å². The molecule has 0 spiro atoms. The molecule has 2 aromatic heterocycles. The predicted molar refractivity (Wildman–Crippen MR) is 91.9 cm³/mol. The second-order valence-electron chi connectivity index (χ2n) is 7.06. The number of carbonyl (C=O) groups excluding carboxylic acids is 1. The van der Waals surface area contributed by atoms with Crippen LogP contribution >= 0.6 is 0 Å². The van der Waals surface area contributed by atoms with Gasteiger partial charge in [-0.05, 0) is 69.8 Å². The van der Waals surface area contributed by atoms with Gasteiger partial charge in [0.15, 0.2) is 5.65 Å². The van der Waals surface area contributed by atoms with Crippen molar-refractivity contribution in [1.82, 2.24) is 24.4 Å². The summed E-state index contributed by atoms with van der Waals surface area (Å²) in [4.78, 5) is 17.4. The van der Waals surface area contributed by atoms with Gasteiger partial charge in [0.25, 0.3) is 5.91 Å². The lowest BCUT2D eigenvalue weighted by Gasteiger charge is -2.32. The molecule has 0 atom stereocenters. The van der Waals surface area contributed by atoms with E-state index in [2.05, 4.69) is 15.1 Å². The average Bonchev–Trinajstić information content (AvgIpc) is 3.31. The topological polar surface area (TPSA) is 53.7 Å². The maximum atomic E-state index is 12.8. The van der Waals surface area contributed by atoms with Gasteiger partial charge in [-0.25, -0.2) is 0 Å². The van der Waals surface area contributed by atoms with Crippen molar-refractivity contribution in [2.45, 2.75) is 32.1 Å². The number of rotatable bonds is 4. The minimum atomic E-state index is 0.0894. The first-order chi connectivity index (χ1) is 11.8. The zero-order valence-electron chi connectivity index (χ0n) is 14.1. The third-order valence-electron chi connectivity index (χ3n) is 5.51. The van der Waals surface area contributed by atoms with E-state index in [1.807, 2.05) is 23.2 Å². The summed E-state index contributed by atoms with van der Waals surface area (Å²) in [7, 11) is 0. The lowest BCUT2D eigenvalue weighted by Crippen LogP contribution is -2.39. The number of hydrogen-bond acceptors (Lipinski definition) is 4.